The molecule has 3 nitrogen and oxygen atoms in total. The number of anilines is 1. The van der Waals surface area contributed by atoms with Gasteiger partial charge < -0.3 is 4.90 Å². The van der Waals surface area contributed by atoms with Gasteiger partial charge in [0.15, 0.2) is 5.78 Å². The fourth-order valence-electron chi connectivity index (χ4n) is 5.57. The molecule has 0 radical (unpaired) electrons. The van der Waals surface area contributed by atoms with E-state index in [1.807, 2.05) is 0 Å². The van der Waals surface area contributed by atoms with E-state index >= 15 is 0 Å². The van der Waals surface area contributed by atoms with Crippen LogP contribution in [0.4, 0.5) is 5.69 Å². The van der Waals surface area contributed by atoms with Crippen LogP contribution in [-0.2, 0) is 19.5 Å². The molecule has 0 bridgehead atoms. The van der Waals surface area contributed by atoms with E-state index in [9.17, 15) is 4.79 Å². The number of hydrogen-bond acceptors (Lipinski definition) is 3. The van der Waals surface area contributed by atoms with Gasteiger partial charge in [0.25, 0.3) is 0 Å². The molecule has 0 N–H and O–H groups in total. The topological polar surface area (TPSA) is 23.6 Å². The molecule has 3 aromatic carbocycles. The van der Waals surface area contributed by atoms with Crippen LogP contribution in [0.2, 0.25) is 0 Å². The van der Waals surface area contributed by atoms with Crippen molar-refractivity contribution in [2.75, 3.05) is 24.5 Å². The van der Waals surface area contributed by atoms with Gasteiger partial charge in [0.1, 0.15) is 0 Å². The van der Waals surface area contributed by atoms with E-state index in [-0.39, 0.29) is 0 Å². The van der Waals surface area contributed by atoms with Crippen LogP contribution in [0, 0.1) is 5.92 Å². The van der Waals surface area contributed by atoms with Crippen molar-refractivity contribution in [1.82, 2.24) is 4.90 Å². The van der Waals surface area contributed by atoms with Crippen molar-refractivity contribution in [1.29, 1.82) is 0 Å². The molecule has 3 aromatic rings. The molecule has 5 rings (SSSR count). The van der Waals surface area contributed by atoms with Crippen molar-refractivity contribution in [2.24, 2.45) is 5.92 Å². The zero-order valence-electron chi connectivity index (χ0n) is 20.2. The quantitative estimate of drug-likeness (QED) is 0.364. The average Bonchev–Trinajstić information content (AvgIpc) is 2.89. The molecule has 176 valence electrons. The molecule has 1 saturated heterocycles. The first-order chi connectivity index (χ1) is 16.7. The van der Waals surface area contributed by atoms with Crippen molar-refractivity contribution in [3.05, 3.63) is 101 Å². The van der Waals surface area contributed by atoms with Gasteiger partial charge in [-0.05, 0) is 86.0 Å². The van der Waals surface area contributed by atoms with Gasteiger partial charge in [0, 0.05) is 37.3 Å². The third-order valence-electron chi connectivity index (χ3n) is 7.57. The van der Waals surface area contributed by atoms with Crippen molar-refractivity contribution < 1.29 is 4.79 Å². The summed E-state index contributed by atoms with van der Waals surface area (Å²) in [5, 5.41) is 0. The van der Waals surface area contributed by atoms with Gasteiger partial charge in [-0.2, -0.15) is 0 Å². The lowest BCUT2D eigenvalue weighted by atomic mass is 9.89. The van der Waals surface area contributed by atoms with Crippen LogP contribution in [0.15, 0.2) is 78.9 Å². The Balaban J connectivity index is 1.12. The minimum absolute atomic E-state index is 0.315. The van der Waals surface area contributed by atoms with Gasteiger partial charge in [0.2, 0.25) is 0 Å². The fourth-order valence-corrected chi connectivity index (χ4v) is 5.57. The lowest BCUT2D eigenvalue weighted by Gasteiger charge is -2.32. The molecule has 2 aliphatic rings. The summed E-state index contributed by atoms with van der Waals surface area (Å²) < 4.78 is 0. The predicted molar refractivity (Wildman–Crippen MR) is 140 cm³/mol. The Morgan fingerprint density at radius 1 is 0.794 bits per heavy atom. The predicted octanol–water partition coefficient (Wildman–Crippen LogP) is 6.51. The summed E-state index contributed by atoms with van der Waals surface area (Å²) in [5.74, 6) is 0.990. The van der Waals surface area contributed by atoms with Crippen LogP contribution in [-0.4, -0.2) is 30.3 Å². The highest BCUT2D eigenvalue weighted by molar-refractivity contribution is 5.96. The van der Waals surface area contributed by atoms with Gasteiger partial charge in [-0.3, -0.25) is 9.69 Å². The number of aryl methyl sites for hydroxylation is 1. The molecule has 3 heteroatoms. The van der Waals surface area contributed by atoms with E-state index in [0.29, 0.717) is 18.1 Å². The Morgan fingerprint density at radius 3 is 2.18 bits per heavy atom. The highest BCUT2D eigenvalue weighted by atomic mass is 16.1. The van der Waals surface area contributed by atoms with Crippen molar-refractivity contribution in [2.45, 2.75) is 51.6 Å². The van der Waals surface area contributed by atoms with Gasteiger partial charge in [-0.25, -0.2) is 0 Å². The molecule has 2 heterocycles. The van der Waals surface area contributed by atoms with Crippen molar-refractivity contribution >= 4 is 11.5 Å². The number of carbonyl (C=O) groups excluding carboxylic acids is 1. The smallest absolute Gasteiger partial charge is 0.162 e. The van der Waals surface area contributed by atoms with Crippen LogP contribution >= 0.6 is 0 Å². The summed E-state index contributed by atoms with van der Waals surface area (Å²) in [6.45, 7) is 5.35. The Kier molecular flexibility index (Phi) is 7.40. The minimum atomic E-state index is 0.315. The summed E-state index contributed by atoms with van der Waals surface area (Å²) in [7, 11) is 0. The molecule has 34 heavy (non-hydrogen) atoms. The number of benzene rings is 3. The third kappa shape index (κ3) is 5.77. The summed E-state index contributed by atoms with van der Waals surface area (Å²) in [5.41, 5.74) is 6.28. The monoisotopic (exact) mass is 452 g/mol. The highest BCUT2D eigenvalue weighted by Crippen LogP contribution is 2.30. The zero-order chi connectivity index (χ0) is 23.2. The Hall–Kier alpha value is -2.91. The molecule has 2 aliphatic heterocycles. The minimum Gasteiger partial charge on any atom is -0.367 e. The standard InChI is InChI=1S/C31H36N2O/c34-31(16-13-25-17-20-32(21-18-25)23-26-8-3-1-4-9-26)29-14-15-30-28(22-29)12-7-19-33(30)24-27-10-5-2-6-11-27/h1-6,8-11,14-15,22,25H,7,12-13,16-21,23-24H2. The van der Waals surface area contributed by atoms with Crippen molar-refractivity contribution in [3.8, 4) is 0 Å². The second-order valence-electron chi connectivity index (χ2n) is 10.0. The maximum atomic E-state index is 13.0. The summed E-state index contributed by atoms with van der Waals surface area (Å²) in [6, 6.07) is 27.8. The Bertz CT molecular complexity index is 1070. The first-order valence-electron chi connectivity index (χ1n) is 13.0. The van der Waals surface area contributed by atoms with Gasteiger partial charge >= 0.3 is 0 Å². The molecule has 0 saturated carbocycles. The van der Waals surface area contributed by atoms with E-state index in [2.05, 4.69) is 88.7 Å². The van der Waals surface area contributed by atoms with Crippen molar-refractivity contribution in [3.63, 3.8) is 0 Å². The van der Waals surface area contributed by atoms with Crippen LogP contribution in [0.25, 0.3) is 0 Å². The maximum absolute atomic E-state index is 13.0. The number of piperidine rings is 1. The maximum Gasteiger partial charge on any atom is 0.162 e. The number of ketones is 1. The number of likely N-dealkylation sites (tertiary alicyclic amines) is 1. The average molecular weight is 453 g/mol. The van der Waals surface area contributed by atoms with E-state index in [1.54, 1.807) is 0 Å². The molecular formula is C31H36N2O. The Labute approximate surface area is 204 Å². The molecular weight excluding hydrogens is 416 g/mol. The van der Waals surface area contributed by atoms with Gasteiger partial charge in [-0.15, -0.1) is 0 Å². The second kappa shape index (κ2) is 11.0. The summed E-state index contributed by atoms with van der Waals surface area (Å²) in [6.07, 6.45) is 6.34. The van der Waals surface area contributed by atoms with E-state index in [0.717, 1.165) is 57.5 Å². The number of hydrogen-bond donors (Lipinski definition) is 0. The molecule has 0 aliphatic carbocycles. The van der Waals surface area contributed by atoms with Crippen LogP contribution in [0.5, 0.6) is 0 Å². The molecule has 1 fully saturated rings. The first kappa shape index (κ1) is 22.9. The van der Waals surface area contributed by atoms with Crippen LogP contribution < -0.4 is 4.90 Å². The SMILES string of the molecule is O=C(CCC1CCN(Cc2ccccc2)CC1)c1ccc2c(c1)CCCN2Cc1ccccc1. The molecule has 0 unspecified atom stereocenters. The fraction of sp³-hybridized carbons (Fsp3) is 0.387. The summed E-state index contributed by atoms with van der Waals surface area (Å²) in [4.78, 5) is 18.0. The highest BCUT2D eigenvalue weighted by Gasteiger charge is 2.22. The molecule has 0 amide bonds. The second-order valence-corrected chi connectivity index (χ2v) is 10.0. The number of rotatable bonds is 8. The van der Waals surface area contributed by atoms with E-state index < -0.39 is 0 Å². The Morgan fingerprint density at radius 2 is 1.47 bits per heavy atom. The lowest BCUT2D eigenvalue weighted by molar-refractivity contribution is 0.0961. The number of carbonyl (C=O) groups is 1. The van der Waals surface area contributed by atoms with E-state index in [4.69, 9.17) is 0 Å². The molecule has 0 atom stereocenters. The zero-order valence-corrected chi connectivity index (χ0v) is 20.2. The summed E-state index contributed by atoms with van der Waals surface area (Å²) >= 11 is 0. The van der Waals surface area contributed by atoms with E-state index in [1.165, 1.54) is 35.2 Å². The lowest BCUT2D eigenvalue weighted by Crippen LogP contribution is -2.33. The number of Topliss-reactive ketones (excluding diaryl/α,β-unsaturated/α-hetero) is 1. The van der Waals surface area contributed by atoms with Crippen LogP contribution in [0.1, 0.15) is 59.2 Å². The van der Waals surface area contributed by atoms with Crippen LogP contribution in [0.3, 0.4) is 0 Å². The third-order valence-corrected chi connectivity index (χ3v) is 7.57. The normalized spacial score (nSPS) is 16.9. The number of nitrogens with zero attached hydrogens (tertiary/aromatic N) is 2. The molecule has 0 spiro atoms. The largest absolute Gasteiger partial charge is 0.367 e. The van der Waals surface area contributed by atoms with Gasteiger partial charge in [-0.1, -0.05) is 60.7 Å². The molecule has 0 aromatic heterocycles. The van der Waals surface area contributed by atoms with Gasteiger partial charge in [0.05, 0.1) is 0 Å². The number of fused-ring (bicyclic) bond motifs is 1. The first-order valence-corrected chi connectivity index (χ1v) is 13.0.